The Hall–Kier alpha value is -1.13. The van der Waals surface area contributed by atoms with Crippen molar-refractivity contribution in [1.82, 2.24) is 4.90 Å². The first-order chi connectivity index (χ1) is 9.85. The number of alkyl halides is 2. The van der Waals surface area contributed by atoms with Crippen LogP contribution in [0.25, 0.3) is 0 Å². The molecule has 1 aromatic rings. The number of phenols is 1. The molecule has 2 aliphatic rings. The second-order valence-corrected chi connectivity index (χ2v) is 7.47. The molecule has 0 spiro atoms. The summed E-state index contributed by atoms with van der Waals surface area (Å²) < 4.78 is -0.918. The van der Waals surface area contributed by atoms with Gasteiger partial charge < -0.3 is 14.9 Å². The highest BCUT2D eigenvalue weighted by atomic mass is 35.5. The summed E-state index contributed by atoms with van der Waals surface area (Å²) in [5.41, 5.74) is 0.166. The average molecular weight is 329 g/mol. The lowest BCUT2D eigenvalue weighted by atomic mass is 10.1. The highest BCUT2D eigenvalue weighted by Gasteiger charge is 2.68. The topological polar surface area (TPSA) is 43.8 Å². The van der Waals surface area contributed by atoms with E-state index in [1.165, 1.54) is 0 Å². The Kier molecular flexibility index (Phi) is 3.49. The molecular weight excluding hydrogens is 311 g/mol. The van der Waals surface area contributed by atoms with Gasteiger partial charge in [-0.05, 0) is 25.5 Å². The fourth-order valence-electron chi connectivity index (χ4n) is 2.86. The molecule has 2 fully saturated rings. The maximum Gasteiger partial charge on any atom is 0.231 e. The van der Waals surface area contributed by atoms with Crippen LogP contribution in [-0.2, 0) is 4.79 Å². The van der Waals surface area contributed by atoms with Crippen LogP contribution in [0.15, 0.2) is 24.3 Å². The largest absolute Gasteiger partial charge is 0.506 e. The van der Waals surface area contributed by atoms with E-state index in [2.05, 4.69) is 4.90 Å². The van der Waals surface area contributed by atoms with Crippen LogP contribution in [0, 0.1) is 5.41 Å². The minimum atomic E-state index is -0.918. The molecule has 1 amide bonds. The van der Waals surface area contributed by atoms with E-state index < -0.39 is 9.75 Å². The normalized spacial score (nSPS) is 27.6. The van der Waals surface area contributed by atoms with Crippen molar-refractivity contribution < 1.29 is 9.90 Å². The Morgan fingerprint density at radius 3 is 2.29 bits per heavy atom. The van der Waals surface area contributed by atoms with Gasteiger partial charge in [0.2, 0.25) is 5.91 Å². The van der Waals surface area contributed by atoms with Crippen LogP contribution in [0.3, 0.4) is 0 Å². The van der Waals surface area contributed by atoms with Gasteiger partial charge in [-0.25, -0.2) is 0 Å². The van der Waals surface area contributed by atoms with Crippen molar-refractivity contribution in [2.24, 2.45) is 5.41 Å². The van der Waals surface area contributed by atoms with E-state index >= 15 is 0 Å². The molecule has 0 radical (unpaired) electrons. The number of carbonyl (C=O) groups is 1. The number of carbonyl (C=O) groups excluding carboxylic acids is 1. The lowest BCUT2D eigenvalue weighted by Gasteiger charge is -2.37. The van der Waals surface area contributed by atoms with Crippen LogP contribution in [0.5, 0.6) is 5.75 Å². The number of anilines is 1. The first kappa shape index (κ1) is 14.8. The summed E-state index contributed by atoms with van der Waals surface area (Å²) in [7, 11) is 0. The monoisotopic (exact) mass is 328 g/mol. The van der Waals surface area contributed by atoms with Gasteiger partial charge in [-0.3, -0.25) is 4.79 Å². The van der Waals surface area contributed by atoms with Crippen LogP contribution >= 0.6 is 23.2 Å². The van der Waals surface area contributed by atoms with E-state index in [4.69, 9.17) is 23.2 Å². The zero-order valence-electron chi connectivity index (χ0n) is 11.9. The van der Waals surface area contributed by atoms with Gasteiger partial charge >= 0.3 is 0 Å². The zero-order valence-corrected chi connectivity index (χ0v) is 13.4. The molecule has 21 heavy (non-hydrogen) atoms. The standard InChI is InChI=1S/C15H18Cl2N2O2/c1-14(10-15(14,16)17)13(21)19-8-6-18(7-9-19)11-4-2-3-5-12(11)20/h2-5,20H,6-10H2,1H3. The fourth-order valence-corrected chi connectivity index (χ4v) is 3.56. The minimum absolute atomic E-state index is 0.0319. The van der Waals surface area contributed by atoms with Gasteiger partial charge in [0, 0.05) is 26.2 Å². The summed E-state index contributed by atoms with van der Waals surface area (Å²) in [6.07, 6.45) is 0.516. The van der Waals surface area contributed by atoms with Gasteiger partial charge in [0.15, 0.2) is 0 Å². The Morgan fingerprint density at radius 1 is 1.19 bits per heavy atom. The first-order valence-electron chi connectivity index (χ1n) is 7.05. The number of rotatable bonds is 2. The lowest BCUT2D eigenvalue weighted by Crippen LogP contribution is -2.51. The maximum atomic E-state index is 12.5. The number of amides is 1. The minimum Gasteiger partial charge on any atom is -0.506 e. The Labute approximate surface area is 134 Å². The highest BCUT2D eigenvalue weighted by molar-refractivity contribution is 6.53. The molecule has 1 heterocycles. The van der Waals surface area contributed by atoms with Gasteiger partial charge in [0.05, 0.1) is 11.1 Å². The molecular formula is C15H18Cl2N2O2. The molecule has 3 rings (SSSR count). The SMILES string of the molecule is CC1(C(=O)N2CCN(c3ccccc3O)CC2)CC1(Cl)Cl. The van der Waals surface area contributed by atoms with Crippen LogP contribution < -0.4 is 4.90 Å². The molecule has 1 saturated carbocycles. The van der Waals surface area contributed by atoms with Crippen LogP contribution in [-0.4, -0.2) is 46.4 Å². The van der Waals surface area contributed by atoms with Gasteiger partial charge in [-0.2, -0.15) is 0 Å². The third-order valence-corrected chi connectivity index (χ3v) is 5.62. The summed E-state index contributed by atoms with van der Waals surface area (Å²) in [5.74, 6) is 0.302. The van der Waals surface area contributed by atoms with Crippen LogP contribution in [0.4, 0.5) is 5.69 Å². The van der Waals surface area contributed by atoms with E-state index in [9.17, 15) is 9.90 Å². The van der Waals surface area contributed by atoms with Crippen molar-refractivity contribution in [3.8, 4) is 5.75 Å². The zero-order chi connectivity index (χ0) is 15.3. The average Bonchev–Trinajstić information content (AvgIpc) is 2.99. The van der Waals surface area contributed by atoms with Gasteiger partial charge in [0.25, 0.3) is 0 Å². The van der Waals surface area contributed by atoms with Crippen molar-refractivity contribution in [3.05, 3.63) is 24.3 Å². The van der Waals surface area contributed by atoms with E-state index in [-0.39, 0.29) is 11.7 Å². The smallest absolute Gasteiger partial charge is 0.231 e. The molecule has 1 unspecified atom stereocenters. The molecule has 1 aliphatic heterocycles. The Morgan fingerprint density at radius 2 is 1.76 bits per heavy atom. The molecule has 114 valence electrons. The third-order valence-electron chi connectivity index (χ3n) is 4.52. The number of hydrogen-bond donors (Lipinski definition) is 1. The van der Waals surface area contributed by atoms with E-state index in [0.29, 0.717) is 32.6 Å². The lowest BCUT2D eigenvalue weighted by molar-refractivity contribution is -0.136. The molecule has 1 aromatic carbocycles. The van der Waals surface area contributed by atoms with Gasteiger partial charge in [0.1, 0.15) is 10.1 Å². The number of benzene rings is 1. The molecule has 1 aliphatic carbocycles. The Balaban J connectivity index is 1.64. The predicted octanol–water partition coefficient (Wildman–Crippen LogP) is 2.62. The predicted molar refractivity (Wildman–Crippen MR) is 84.1 cm³/mol. The molecule has 6 heteroatoms. The number of piperazine rings is 1. The second-order valence-electron chi connectivity index (χ2n) is 5.98. The van der Waals surface area contributed by atoms with Crippen molar-refractivity contribution in [3.63, 3.8) is 0 Å². The number of hydrogen-bond acceptors (Lipinski definition) is 3. The van der Waals surface area contributed by atoms with Crippen molar-refractivity contribution in [2.75, 3.05) is 31.1 Å². The van der Waals surface area contributed by atoms with Crippen LogP contribution in [0.1, 0.15) is 13.3 Å². The van der Waals surface area contributed by atoms with Gasteiger partial charge in [-0.1, -0.05) is 12.1 Å². The first-order valence-corrected chi connectivity index (χ1v) is 7.81. The summed E-state index contributed by atoms with van der Waals surface area (Å²) >= 11 is 12.2. The van der Waals surface area contributed by atoms with Crippen LogP contribution in [0.2, 0.25) is 0 Å². The van der Waals surface area contributed by atoms with E-state index in [1.807, 2.05) is 24.0 Å². The highest BCUT2D eigenvalue weighted by Crippen LogP contribution is 2.64. The summed E-state index contributed by atoms with van der Waals surface area (Å²) in [5, 5.41) is 9.89. The summed E-state index contributed by atoms with van der Waals surface area (Å²) in [4.78, 5) is 16.4. The maximum absolute atomic E-state index is 12.5. The number of nitrogens with zero attached hydrogens (tertiary/aromatic N) is 2. The molecule has 1 atom stereocenters. The summed E-state index contributed by atoms with van der Waals surface area (Å²) in [6.45, 7) is 4.44. The van der Waals surface area contributed by atoms with Crippen molar-refractivity contribution in [1.29, 1.82) is 0 Å². The van der Waals surface area contributed by atoms with E-state index in [0.717, 1.165) is 5.69 Å². The van der Waals surface area contributed by atoms with Crippen molar-refractivity contribution in [2.45, 2.75) is 17.7 Å². The molecule has 1 N–H and O–H groups in total. The summed E-state index contributed by atoms with van der Waals surface area (Å²) in [6, 6.07) is 7.26. The number of para-hydroxylation sites is 2. The third kappa shape index (κ3) is 2.44. The molecule has 1 saturated heterocycles. The van der Waals surface area contributed by atoms with Crippen molar-refractivity contribution >= 4 is 34.8 Å². The molecule has 0 aromatic heterocycles. The fraction of sp³-hybridized carbons (Fsp3) is 0.533. The number of halogens is 2. The molecule has 0 bridgehead atoms. The van der Waals surface area contributed by atoms with Gasteiger partial charge in [-0.15, -0.1) is 23.2 Å². The quantitative estimate of drug-likeness (QED) is 0.849. The second kappa shape index (κ2) is 4.96. The number of aromatic hydroxyl groups is 1. The van der Waals surface area contributed by atoms with E-state index in [1.54, 1.807) is 12.1 Å². The number of phenolic OH excluding ortho intramolecular Hbond substituents is 1. The Bertz CT molecular complexity index is 571. The molecule has 4 nitrogen and oxygen atoms in total.